The standard InChI is InChI=1S/C18H25N3O4/c1-13-14(5-4-7-15(13)21(23)24)19-18(22)9-10-20-11-12-25-17-8-3-2-6-16(17)20/h4-5,7,16-17H,2-3,6,8-12H2,1H3,(H,19,22)/t16-,17+/m0/s1. The Morgan fingerprint density at radius 2 is 2.20 bits per heavy atom. The summed E-state index contributed by atoms with van der Waals surface area (Å²) in [5, 5.41) is 13.8. The molecule has 136 valence electrons. The Labute approximate surface area is 147 Å². The smallest absolute Gasteiger partial charge is 0.274 e. The number of nitrogens with zero attached hydrogens (tertiary/aromatic N) is 2. The maximum Gasteiger partial charge on any atom is 0.274 e. The molecule has 25 heavy (non-hydrogen) atoms. The van der Waals surface area contributed by atoms with E-state index < -0.39 is 4.92 Å². The molecule has 1 N–H and O–H groups in total. The Bertz CT molecular complexity index is 647. The molecule has 0 spiro atoms. The number of benzene rings is 1. The van der Waals surface area contributed by atoms with Crippen LogP contribution in [0.1, 0.15) is 37.7 Å². The van der Waals surface area contributed by atoms with Crippen molar-refractivity contribution < 1.29 is 14.5 Å². The monoisotopic (exact) mass is 347 g/mol. The van der Waals surface area contributed by atoms with Crippen LogP contribution in [0.25, 0.3) is 0 Å². The van der Waals surface area contributed by atoms with Crippen LogP contribution in [-0.4, -0.2) is 47.6 Å². The van der Waals surface area contributed by atoms with Crippen LogP contribution in [0.5, 0.6) is 0 Å². The molecule has 7 nitrogen and oxygen atoms in total. The molecule has 7 heteroatoms. The van der Waals surface area contributed by atoms with Crippen LogP contribution in [0, 0.1) is 17.0 Å². The zero-order valence-electron chi connectivity index (χ0n) is 14.6. The molecule has 1 heterocycles. The van der Waals surface area contributed by atoms with Crippen molar-refractivity contribution in [1.29, 1.82) is 0 Å². The maximum absolute atomic E-state index is 12.3. The van der Waals surface area contributed by atoms with E-state index in [4.69, 9.17) is 4.74 Å². The Morgan fingerprint density at radius 3 is 3.00 bits per heavy atom. The number of nitro benzene ring substituents is 1. The van der Waals surface area contributed by atoms with Crippen molar-refractivity contribution in [2.45, 2.75) is 51.2 Å². The summed E-state index contributed by atoms with van der Waals surface area (Å²) in [4.78, 5) is 25.2. The van der Waals surface area contributed by atoms with E-state index in [0.29, 0.717) is 36.4 Å². The minimum Gasteiger partial charge on any atom is -0.375 e. The molecule has 3 rings (SSSR count). The van der Waals surface area contributed by atoms with Gasteiger partial charge in [-0.1, -0.05) is 18.9 Å². The van der Waals surface area contributed by atoms with E-state index in [2.05, 4.69) is 10.2 Å². The number of rotatable bonds is 5. The minimum absolute atomic E-state index is 0.0241. The van der Waals surface area contributed by atoms with E-state index in [0.717, 1.165) is 26.0 Å². The van der Waals surface area contributed by atoms with Gasteiger partial charge in [0.2, 0.25) is 5.91 Å². The topological polar surface area (TPSA) is 84.7 Å². The highest BCUT2D eigenvalue weighted by molar-refractivity contribution is 5.92. The molecule has 1 amide bonds. The normalized spacial score (nSPS) is 23.7. The molecule has 1 aliphatic carbocycles. The summed E-state index contributed by atoms with van der Waals surface area (Å²) in [5.74, 6) is -0.109. The minimum atomic E-state index is -0.429. The van der Waals surface area contributed by atoms with Crippen LogP contribution < -0.4 is 5.32 Å². The lowest BCUT2D eigenvalue weighted by molar-refractivity contribution is -0.385. The highest BCUT2D eigenvalue weighted by Crippen LogP contribution is 2.29. The average Bonchev–Trinajstić information content (AvgIpc) is 2.61. The zero-order chi connectivity index (χ0) is 17.8. The fourth-order valence-corrected chi connectivity index (χ4v) is 3.87. The van der Waals surface area contributed by atoms with E-state index in [1.54, 1.807) is 19.1 Å². The second kappa shape index (κ2) is 7.93. The molecule has 1 aromatic carbocycles. The van der Waals surface area contributed by atoms with Gasteiger partial charge < -0.3 is 10.1 Å². The first-order valence-electron chi connectivity index (χ1n) is 8.96. The number of anilines is 1. The van der Waals surface area contributed by atoms with E-state index in [-0.39, 0.29) is 11.6 Å². The van der Waals surface area contributed by atoms with Crippen molar-refractivity contribution in [2.75, 3.05) is 25.0 Å². The summed E-state index contributed by atoms with van der Waals surface area (Å²) >= 11 is 0. The van der Waals surface area contributed by atoms with Gasteiger partial charge in [-0.25, -0.2) is 0 Å². The van der Waals surface area contributed by atoms with Crippen LogP contribution in [0.3, 0.4) is 0 Å². The average molecular weight is 347 g/mol. The van der Waals surface area contributed by atoms with Crippen LogP contribution >= 0.6 is 0 Å². The number of carbonyl (C=O) groups is 1. The molecule has 1 saturated heterocycles. The summed E-state index contributed by atoms with van der Waals surface area (Å²) in [6.07, 6.45) is 5.38. The quantitative estimate of drug-likeness (QED) is 0.654. The van der Waals surface area contributed by atoms with Gasteiger partial charge in [0.15, 0.2) is 0 Å². The third-order valence-electron chi connectivity index (χ3n) is 5.25. The van der Waals surface area contributed by atoms with Gasteiger partial charge in [-0.2, -0.15) is 0 Å². The number of hydrogen-bond donors (Lipinski definition) is 1. The molecule has 0 aromatic heterocycles. The number of nitro groups is 1. The zero-order valence-corrected chi connectivity index (χ0v) is 14.6. The predicted molar refractivity (Wildman–Crippen MR) is 94.6 cm³/mol. The van der Waals surface area contributed by atoms with Crippen molar-refractivity contribution in [2.24, 2.45) is 0 Å². The lowest BCUT2D eigenvalue weighted by atomic mass is 9.90. The summed E-state index contributed by atoms with van der Waals surface area (Å²) in [6, 6.07) is 5.17. The SMILES string of the molecule is Cc1c(NC(=O)CCN2CCO[C@@H]3CCCC[C@@H]32)cccc1[N+](=O)[O-]. The van der Waals surface area contributed by atoms with Gasteiger partial charge in [-0.15, -0.1) is 0 Å². The molecule has 2 aliphatic rings. The Morgan fingerprint density at radius 1 is 1.40 bits per heavy atom. The highest BCUT2D eigenvalue weighted by Gasteiger charge is 2.34. The first-order chi connectivity index (χ1) is 12.1. The van der Waals surface area contributed by atoms with Gasteiger partial charge in [0, 0.05) is 31.6 Å². The van der Waals surface area contributed by atoms with E-state index in [1.807, 2.05) is 0 Å². The molecule has 2 fully saturated rings. The van der Waals surface area contributed by atoms with Crippen molar-refractivity contribution in [3.63, 3.8) is 0 Å². The van der Waals surface area contributed by atoms with Gasteiger partial charge in [0.25, 0.3) is 5.69 Å². The molecule has 1 aromatic rings. The lowest BCUT2D eigenvalue weighted by Gasteiger charge is -2.43. The number of morpholine rings is 1. The second-order valence-corrected chi connectivity index (χ2v) is 6.80. The second-order valence-electron chi connectivity index (χ2n) is 6.80. The van der Waals surface area contributed by atoms with Gasteiger partial charge in [0.1, 0.15) is 0 Å². The number of carbonyl (C=O) groups excluding carboxylic acids is 1. The fraction of sp³-hybridized carbons (Fsp3) is 0.611. The van der Waals surface area contributed by atoms with Gasteiger partial charge in [-0.3, -0.25) is 19.8 Å². The third kappa shape index (κ3) is 4.16. The highest BCUT2D eigenvalue weighted by atomic mass is 16.6. The summed E-state index contributed by atoms with van der Waals surface area (Å²) in [7, 11) is 0. The molecule has 2 atom stereocenters. The van der Waals surface area contributed by atoms with Crippen molar-refractivity contribution in [3.8, 4) is 0 Å². The number of fused-ring (bicyclic) bond motifs is 1. The number of nitrogens with one attached hydrogen (secondary N) is 1. The summed E-state index contributed by atoms with van der Waals surface area (Å²) in [5.41, 5.74) is 1.02. The summed E-state index contributed by atoms with van der Waals surface area (Å²) < 4.78 is 5.86. The van der Waals surface area contributed by atoms with Crippen LogP contribution in [0.15, 0.2) is 18.2 Å². The Hall–Kier alpha value is -1.99. The van der Waals surface area contributed by atoms with Crippen LogP contribution in [0.2, 0.25) is 0 Å². The van der Waals surface area contributed by atoms with E-state index >= 15 is 0 Å². The first-order valence-corrected chi connectivity index (χ1v) is 8.96. The largest absolute Gasteiger partial charge is 0.375 e. The van der Waals surface area contributed by atoms with Crippen molar-refractivity contribution in [3.05, 3.63) is 33.9 Å². The maximum atomic E-state index is 12.3. The van der Waals surface area contributed by atoms with Crippen molar-refractivity contribution in [1.82, 2.24) is 4.90 Å². The van der Waals surface area contributed by atoms with Gasteiger partial charge in [0.05, 0.1) is 28.9 Å². The third-order valence-corrected chi connectivity index (χ3v) is 5.25. The molecule has 1 aliphatic heterocycles. The molecule has 0 radical (unpaired) electrons. The van der Waals surface area contributed by atoms with Crippen molar-refractivity contribution >= 4 is 17.3 Å². The molecule has 1 saturated carbocycles. The van der Waals surface area contributed by atoms with E-state index in [9.17, 15) is 14.9 Å². The molecule has 0 unspecified atom stereocenters. The number of amides is 1. The fourth-order valence-electron chi connectivity index (χ4n) is 3.87. The summed E-state index contributed by atoms with van der Waals surface area (Å²) in [6.45, 7) is 3.95. The number of hydrogen-bond acceptors (Lipinski definition) is 5. The Kier molecular flexibility index (Phi) is 5.65. The van der Waals surface area contributed by atoms with Crippen LogP contribution in [0.4, 0.5) is 11.4 Å². The molecule has 0 bridgehead atoms. The van der Waals surface area contributed by atoms with Gasteiger partial charge in [-0.05, 0) is 25.8 Å². The molecular formula is C18H25N3O4. The van der Waals surface area contributed by atoms with E-state index in [1.165, 1.54) is 18.9 Å². The van der Waals surface area contributed by atoms with Crippen LogP contribution in [-0.2, 0) is 9.53 Å². The predicted octanol–water partition coefficient (Wildman–Crippen LogP) is 2.88. The van der Waals surface area contributed by atoms with Gasteiger partial charge >= 0.3 is 0 Å². The lowest BCUT2D eigenvalue weighted by Crippen LogP contribution is -2.53. The molecular weight excluding hydrogens is 322 g/mol. The Balaban J connectivity index is 1.56. The first kappa shape index (κ1) is 17.8. The number of ether oxygens (including phenoxy) is 1.